The fourth-order valence-corrected chi connectivity index (χ4v) is 0.685. The highest BCUT2D eigenvalue weighted by molar-refractivity contribution is 5.68. The van der Waals surface area contributed by atoms with Crippen LogP contribution in [-0.4, -0.2) is 23.6 Å². The monoisotopic (exact) mass is 197 g/mol. The number of hydrogen-bond donors (Lipinski definition) is 0. The van der Waals surface area contributed by atoms with Crippen LogP contribution in [0.4, 0.5) is 4.79 Å². The maximum atomic E-state index is 11.4. The highest BCUT2D eigenvalue weighted by Crippen LogP contribution is 2.08. The summed E-state index contributed by atoms with van der Waals surface area (Å²) in [5.74, 6) is 0. The quantitative estimate of drug-likeness (QED) is 0.637. The lowest BCUT2D eigenvalue weighted by Gasteiger charge is -2.22. The van der Waals surface area contributed by atoms with Crippen LogP contribution in [0.2, 0.25) is 0 Å². The van der Waals surface area contributed by atoms with Crippen molar-refractivity contribution >= 4 is 6.09 Å². The van der Waals surface area contributed by atoms with Crippen molar-refractivity contribution in [1.29, 1.82) is 0 Å². The van der Waals surface area contributed by atoms with Crippen molar-refractivity contribution in [2.24, 2.45) is 0 Å². The molecule has 3 heteroatoms. The second-order valence-electron chi connectivity index (χ2n) is 3.96. The molecule has 0 heterocycles. The van der Waals surface area contributed by atoms with Crippen LogP contribution < -0.4 is 0 Å². The highest BCUT2D eigenvalue weighted by atomic mass is 16.6. The normalized spacial score (nSPS) is 12.4. The summed E-state index contributed by atoms with van der Waals surface area (Å²) in [7, 11) is 1.66. The Morgan fingerprint density at radius 1 is 1.29 bits per heavy atom. The molecule has 0 aromatic carbocycles. The fourth-order valence-electron chi connectivity index (χ4n) is 0.685. The third-order valence-corrected chi connectivity index (χ3v) is 1.29. The van der Waals surface area contributed by atoms with E-state index in [1.165, 1.54) is 4.90 Å². The largest absolute Gasteiger partial charge is 0.443 e. The van der Waals surface area contributed by atoms with Crippen LogP contribution in [0.5, 0.6) is 0 Å². The minimum Gasteiger partial charge on any atom is -0.443 e. The van der Waals surface area contributed by atoms with Crippen molar-refractivity contribution in [3.05, 3.63) is 24.4 Å². The number of carbonyl (C=O) groups is 1. The lowest BCUT2D eigenvalue weighted by atomic mass is 10.2. The molecule has 0 aromatic rings. The van der Waals surface area contributed by atoms with Crippen LogP contribution in [0.25, 0.3) is 0 Å². The van der Waals surface area contributed by atoms with Gasteiger partial charge in [0.25, 0.3) is 0 Å². The molecule has 3 nitrogen and oxygen atoms in total. The molecule has 0 saturated heterocycles. The molecule has 0 aliphatic heterocycles. The van der Waals surface area contributed by atoms with Gasteiger partial charge in [0.15, 0.2) is 0 Å². The van der Waals surface area contributed by atoms with E-state index >= 15 is 0 Å². The van der Waals surface area contributed by atoms with E-state index in [0.717, 1.165) is 0 Å². The molecule has 14 heavy (non-hydrogen) atoms. The number of carbonyl (C=O) groups excluding carboxylic acids is 1. The minimum absolute atomic E-state index is 0.349. The molecule has 0 N–H and O–H groups in total. The van der Waals surface area contributed by atoms with E-state index in [4.69, 9.17) is 4.74 Å². The zero-order chi connectivity index (χ0) is 11.2. The summed E-state index contributed by atoms with van der Waals surface area (Å²) in [6, 6.07) is 0. The second kappa shape index (κ2) is 5.47. The van der Waals surface area contributed by atoms with Gasteiger partial charge in [-0.2, -0.15) is 0 Å². The molecule has 0 saturated carbocycles. The molecule has 0 radical (unpaired) electrons. The molecule has 0 bridgehead atoms. The summed E-state index contributed by atoms with van der Waals surface area (Å²) < 4.78 is 5.14. The molecule has 80 valence electrons. The van der Waals surface area contributed by atoms with Gasteiger partial charge in [0.05, 0.1) is 0 Å². The maximum Gasteiger partial charge on any atom is 0.414 e. The van der Waals surface area contributed by atoms with Gasteiger partial charge < -0.3 is 4.74 Å². The summed E-state index contributed by atoms with van der Waals surface area (Å²) in [5.41, 5.74) is -0.445. The Balaban J connectivity index is 4.13. The van der Waals surface area contributed by atoms with Gasteiger partial charge in [-0.3, -0.25) is 4.90 Å². The third-order valence-electron chi connectivity index (χ3n) is 1.29. The molecule has 0 spiro atoms. The van der Waals surface area contributed by atoms with E-state index in [1.54, 1.807) is 19.3 Å². The Hall–Kier alpha value is -1.25. The topological polar surface area (TPSA) is 29.5 Å². The van der Waals surface area contributed by atoms with Crippen molar-refractivity contribution in [3.63, 3.8) is 0 Å². The molecular formula is C11H19NO2. The summed E-state index contributed by atoms with van der Waals surface area (Å²) in [6.45, 7) is 7.44. The second-order valence-corrected chi connectivity index (χ2v) is 3.96. The smallest absolute Gasteiger partial charge is 0.414 e. The molecular weight excluding hydrogens is 178 g/mol. The zero-order valence-corrected chi connectivity index (χ0v) is 9.57. The summed E-state index contributed by atoms with van der Waals surface area (Å²) in [4.78, 5) is 12.8. The van der Waals surface area contributed by atoms with Gasteiger partial charge in [-0.25, -0.2) is 4.79 Å². The van der Waals surface area contributed by atoms with Crippen LogP contribution in [-0.2, 0) is 4.74 Å². The molecule has 0 rings (SSSR count). The Bertz CT molecular complexity index is 236. The average molecular weight is 197 g/mol. The van der Waals surface area contributed by atoms with E-state index in [0.29, 0.717) is 0 Å². The van der Waals surface area contributed by atoms with Crippen LogP contribution in [0, 0.1) is 0 Å². The Labute approximate surface area is 86.0 Å². The van der Waals surface area contributed by atoms with Gasteiger partial charge in [-0.05, 0) is 33.8 Å². The summed E-state index contributed by atoms with van der Waals surface area (Å²) in [5, 5.41) is 0. The van der Waals surface area contributed by atoms with Gasteiger partial charge in [0, 0.05) is 13.2 Å². The number of hydrogen-bond acceptors (Lipinski definition) is 2. The average Bonchev–Trinajstić information content (AvgIpc) is 2.01. The lowest BCUT2D eigenvalue weighted by Crippen LogP contribution is -2.31. The van der Waals surface area contributed by atoms with E-state index < -0.39 is 5.60 Å². The molecule has 0 aliphatic rings. The van der Waals surface area contributed by atoms with Crippen molar-refractivity contribution < 1.29 is 9.53 Å². The first-order chi connectivity index (χ1) is 6.37. The number of allylic oxidation sites excluding steroid dienone is 3. The van der Waals surface area contributed by atoms with E-state index in [-0.39, 0.29) is 6.09 Å². The Morgan fingerprint density at radius 2 is 1.86 bits per heavy atom. The Kier molecular flexibility index (Phi) is 4.99. The van der Waals surface area contributed by atoms with Gasteiger partial charge >= 0.3 is 6.09 Å². The van der Waals surface area contributed by atoms with Crippen molar-refractivity contribution in [2.75, 3.05) is 7.05 Å². The standard InChI is InChI=1S/C11H19NO2/c1-6-7-8-9-12(5)10(13)14-11(2,3)4/h6-9H,1-5H3/b7-6-,9-8+. The maximum absolute atomic E-state index is 11.4. The van der Waals surface area contributed by atoms with Gasteiger partial charge in [0.1, 0.15) is 5.60 Å². The highest BCUT2D eigenvalue weighted by Gasteiger charge is 2.17. The molecule has 1 amide bonds. The molecule has 0 fully saturated rings. The molecule has 0 unspecified atom stereocenters. The first kappa shape index (κ1) is 12.8. The van der Waals surface area contributed by atoms with Gasteiger partial charge in [0.2, 0.25) is 0 Å². The predicted molar refractivity (Wildman–Crippen MR) is 58.0 cm³/mol. The zero-order valence-electron chi connectivity index (χ0n) is 9.57. The fraction of sp³-hybridized carbons (Fsp3) is 0.545. The lowest BCUT2D eigenvalue weighted by molar-refractivity contribution is 0.0372. The SMILES string of the molecule is C/C=C\C=C\N(C)C(=O)OC(C)(C)C. The van der Waals surface area contributed by atoms with E-state index in [9.17, 15) is 4.79 Å². The molecule has 0 aromatic heterocycles. The van der Waals surface area contributed by atoms with Crippen LogP contribution in [0.3, 0.4) is 0 Å². The van der Waals surface area contributed by atoms with Crippen molar-refractivity contribution in [1.82, 2.24) is 4.90 Å². The van der Waals surface area contributed by atoms with Crippen LogP contribution in [0.15, 0.2) is 24.4 Å². The van der Waals surface area contributed by atoms with Crippen molar-refractivity contribution in [2.45, 2.75) is 33.3 Å². The van der Waals surface area contributed by atoms with Crippen molar-refractivity contribution in [3.8, 4) is 0 Å². The number of rotatable bonds is 2. The van der Waals surface area contributed by atoms with E-state index in [1.807, 2.05) is 39.8 Å². The minimum atomic E-state index is -0.445. The van der Waals surface area contributed by atoms with Gasteiger partial charge in [-0.15, -0.1) is 0 Å². The van der Waals surface area contributed by atoms with Crippen LogP contribution >= 0.6 is 0 Å². The first-order valence-corrected chi connectivity index (χ1v) is 4.62. The number of ether oxygens (including phenoxy) is 1. The molecule has 0 aliphatic carbocycles. The summed E-state index contributed by atoms with van der Waals surface area (Å²) in [6.07, 6.45) is 6.83. The first-order valence-electron chi connectivity index (χ1n) is 4.62. The van der Waals surface area contributed by atoms with Gasteiger partial charge in [-0.1, -0.05) is 12.2 Å². The predicted octanol–water partition coefficient (Wildman–Crippen LogP) is 2.94. The Morgan fingerprint density at radius 3 is 2.29 bits per heavy atom. The molecule has 0 atom stereocenters. The van der Waals surface area contributed by atoms with Crippen LogP contribution in [0.1, 0.15) is 27.7 Å². The number of amides is 1. The summed E-state index contributed by atoms with van der Waals surface area (Å²) >= 11 is 0. The van der Waals surface area contributed by atoms with E-state index in [2.05, 4.69) is 0 Å². The third kappa shape index (κ3) is 6.29. The number of nitrogens with zero attached hydrogens (tertiary/aromatic N) is 1.